The Morgan fingerprint density at radius 2 is 1.57 bits per heavy atom. The number of carbonyl (C=O) groups excluding carboxylic acids is 1. The number of hydrogen-bond donors (Lipinski definition) is 0. The monoisotopic (exact) mass is 464 g/mol. The number of unbranched alkanes of at least 4 members (excludes halogenated alkanes) is 7. The van der Waals surface area contributed by atoms with E-state index < -0.39 is 0 Å². The summed E-state index contributed by atoms with van der Waals surface area (Å²) in [5, 5.41) is 1.13. The van der Waals surface area contributed by atoms with Crippen molar-refractivity contribution in [2.75, 3.05) is 5.33 Å². The Labute approximate surface area is 182 Å². The van der Waals surface area contributed by atoms with Crippen LogP contribution in [0.15, 0.2) is 0 Å². The molecule has 0 aromatic heterocycles. The second kappa shape index (κ2) is 18.9. The van der Waals surface area contributed by atoms with Gasteiger partial charge in [0.05, 0.1) is 18.3 Å². The Morgan fingerprint density at radius 3 is 2.07 bits per heavy atom. The molecular weight excluding hydrogens is 420 g/mol. The van der Waals surface area contributed by atoms with Gasteiger partial charge in [0.25, 0.3) is 0 Å². The molecule has 1 rings (SSSR count). The molecule has 4 unspecified atom stereocenters. The van der Waals surface area contributed by atoms with Crippen LogP contribution in [0.4, 0.5) is 0 Å². The van der Waals surface area contributed by atoms with Crippen LogP contribution in [0.5, 0.6) is 0 Å². The largest absolute Gasteiger partial charge is 0.463 e. The number of hydrogen-bond acceptors (Lipinski definition) is 4. The molecule has 1 aliphatic rings. The van der Waals surface area contributed by atoms with Crippen LogP contribution in [-0.4, -0.2) is 35.9 Å². The second-order valence-corrected chi connectivity index (χ2v) is 8.69. The molecule has 0 bridgehead atoms. The highest BCUT2D eigenvalue weighted by molar-refractivity contribution is 9.09. The molecular formula is C23H45BrO4. The van der Waals surface area contributed by atoms with Crippen molar-refractivity contribution in [3.8, 4) is 0 Å². The molecule has 0 radical (unpaired) electrons. The number of rotatable bonds is 13. The normalized spacial score (nSPS) is 22.9. The Balaban J connectivity index is 0.000000609. The molecule has 168 valence electrons. The molecule has 4 nitrogen and oxygen atoms in total. The van der Waals surface area contributed by atoms with Crippen LogP contribution >= 0.6 is 15.9 Å². The van der Waals surface area contributed by atoms with Crippen LogP contribution < -0.4 is 0 Å². The minimum Gasteiger partial charge on any atom is -0.463 e. The van der Waals surface area contributed by atoms with E-state index in [1.54, 1.807) is 0 Å². The fourth-order valence-electron chi connectivity index (χ4n) is 3.17. The lowest BCUT2D eigenvalue weighted by Crippen LogP contribution is -2.34. The first-order valence-corrected chi connectivity index (χ1v) is 12.6. The van der Waals surface area contributed by atoms with E-state index in [9.17, 15) is 4.79 Å². The fourth-order valence-corrected chi connectivity index (χ4v) is 3.56. The van der Waals surface area contributed by atoms with Gasteiger partial charge in [-0.1, -0.05) is 68.3 Å². The predicted molar refractivity (Wildman–Crippen MR) is 121 cm³/mol. The highest BCUT2D eigenvalue weighted by Crippen LogP contribution is 2.19. The van der Waals surface area contributed by atoms with E-state index in [2.05, 4.69) is 29.8 Å². The summed E-state index contributed by atoms with van der Waals surface area (Å²) in [6, 6.07) is 0. The summed E-state index contributed by atoms with van der Waals surface area (Å²) in [6.07, 6.45) is 14.5. The van der Waals surface area contributed by atoms with E-state index in [1.165, 1.54) is 38.5 Å². The third-order valence-corrected chi connectivity index (χ3v) is 5.59. The Kier molecular flexibility index (Phi) is 18.8. The van der Waals surface area contributed by atoms with Crippen molar-refractivity contribution in [2.45, 2.75) is 136 Å². The molecule has 28 heavy (non-hydrogen) atoms. The number of halogens is 1. The predicted octanol–water partition coefficient (Wildman–Crippen LogP) is 7.17. The van der Waals surface area contributed by atoms with Crippen LogP contribution in [0.2, 0.25) is 0 Å². The van der Waals surface area contributed by atoms with Crippen LogP contribution in [0.1, 0.15) is 112 Å². The van der Waals surface area contributed by atoms with E-state index in [4.69, 9.17) is 14.2 Å². The molecule has 1 aliphatic heterocycles. The van der Waals surface area contributed by atoms with E-state index >= 15 is 0 Å². The average molecular weight is 466 g/mol. The molecule has 1 saturated heterocycles. The zero-order valence-corrected chi connectivity index (χ0v) is 20.6. The smallest absolute Gasteiger partial charge is 0.306 e. The van der Waals surface area contributed by atoms with Gasteiger partial charge in [-0.2, -0.15) is 0 Å². The maximum absolute atomic E-state index is 11.4. The summed E-state index contributed by atoms with van der Waals surface area (Å²) in [5.74, 6) is -0.0262. The zero-order valence-electron chi connectivity index (χ0n) is 19.0. The summed E-state index contributed by atoms with van der Waals surface area (Å²) < 4.78 is 16.1. The lowest BCUT2D eigenvalue weighted by molar-refractivity contribution is -0.229. The van der Waals surface area contributed by atoms with E-state index in [0.717, 1.165) is 37.4 Å². The van der Waals surface area contributed by atoms with Gasteiger partial charge in [-0.05, 0) is 52.9 Å². The lowest BCUT2D eigenvalue weighted by atomic mass is 10.1. The SMILES string of the molecule is CCC(C)OC(=O)CCCCCCCCCCBr.CCC1CC(C)OC(C)O1. The molecule has 0 aromatic carbocycles. The maximum Gasteiger partial charge on any atom is 0.306 e. The van der Waals surface area contributed by atoms with Crippen molar-refractivity contribution in [1.29, 1.82) is 0 Å². The molecule has 0 amide bonds. The van der Waals surface area contributed by atoms with Gasteiger partial charge in [0.1, 0.15) is 0 Å². The number of carbonyl (C=O) groups is 1. The topological polar surface area (TPSA) is 44.8 Å². The minimum atomic E-state index is -0.0262. The number of alkyl halides is 1. The van der Waals surface area contributed by atoms with Crippen molar-refractivity contribution in [3.63, 3.8) is 0 Å². The van der Waals surface area contributed by atoms with Gasteiger partial charge in [0.15, 0.2) is 6.29 Å². The van der Waals surface area contributed by atoms with Gasteiger partial charge < -0.3 is 14.2 Å². The molecule has 1 fully saturated rings. The van der Waals surface area contributed by atoms with Crippen molar-refractivity contribution < 1.29 is 19.0 Å². The van der Waals surface area contributed by atoms with E-state index in [-0.39, 0.29) is 18.4 Å². The average Bonchev–Trinajstić information content (AvgIpc) is 2.66. The third kappa shape index (κ3) is 16.8. The van der Waals surface area contributed by atoms with Crippen molar-refractivity contribution >= 4 is 21.9 Å². The first kappa shape index (κ1) is 27.9. The minimum absolute atomic E-state index is 0.00583. The van der Waals surface area contributed by atoms with Crippen molar-refractivity contribution in [1.82, 2.24) is 0 Å². The first-order valence-electron chi connectivity index (χ1n) is 11.5. The molecule has 0 aliphatic carbocycles. The first-order chi connectivity index (χ1) is 13.4. The van der Waals surface area contributed by atoms with Crippen LogP contribution in [0, 0.1) is 0 Å². The molecule has 5 heteroatoms. The molecule has 0 saturated carbocycles. The number of esters is 1. The van der Waals surface area contributed by atoms with Crippen LogP contribution in [-0.2, 0) is 19.0 Å². The van der Waals surface area contributed by atoms with Crippen LogP contribution in [0.25, 0.3) is 0 Å². The molecule has 0 N–H and O–H groups in total. The lowest BCUT2D eigenvalue weighted by Gasteiger charge is -2.31. The summed E-state index contributed by atoms with van der Waals surface area (Å²) in [7, 11) is 0. The zero-order chi connectivity index (χ0) is 21.2. The quantitative estimate of drug-likeness (QED) is 0.164. The van der Waals surface area contributed by atoms with Gasteiger partial charge in [-0.3, -0.25) is 4.79 Å². The fraction of sp³-hybridized carbons (Fsp3) is 0.957. The van der Waals surface area contributed by atoms with Crippen molar-refractivity contribution in [2.24, 2.45) is 0 Å². The summed E-state index contributed by atoms with van der Waals surface area (Å²) in [4.78, 5) is 11.4. The summed E-state index contributed by atoms with van der Waals surface area (Å²) >= 11 is 3.44. The summed E-state index contributed by atoms with van der Waals surface area (Å²) in [5.41, 5.74) is 0. The second-order valence-electron chi connectivity index (χ2n) is 7.89. The van der Waals surface area contributed by atoms with Crippen LogP contribution in [0.3, 0.4) is 0 Å². The molecule has 0 spiro atoms. The summed E-state index contributed by atoms with van der Waals surface area (Å²) in [6.45, 7) is 10.2. The van der Waals surface area contributed by atoms with Gasteiger partial charge in [0.2, 0.25) is 0 Å². The maximum atomic E-state index is 11.4. The molecule has 0 aromatic rings. The number of ether oxygens (including phenoxy) is 3. The van der Waals surface area contributed by atoms with Crippen molar-refractivity contribution in [3.05, 3.63) is 0 Å². The Bertz CT molecular complexity index is 355. The molecule has 4 atom stereocenters. The van der Waals surface area contributed by atoms with Gasteiger partial charge >= 0.3 is 5.97 Å². The van der Waals surface area contributed by atoms with E-state index in [1.807, 2.05) is 20.8 Å². The van der Waals surface area contributed by atoms with Gasteiger partial charge in [0, 0.05) is 11.8 Å². The van der Waals surface area contributed by atoms with Gasteiger partial charge in [-0.15, -0.1) is 0 Å². The molecule has 1 heterocycles. The third-order valence-electron chi connectivity index (χ3n) is 5.03. The Morgan fingerprint density at radius 1 is 1.00 bits per heavy atom. The Hall–Kier alpha value is -0.130. The van der Waals surface area contributed by atoms with E-state index in [0.29, 0.717) is 18.6 Å². The van der Waals surface area contributed by atoms with Gasteiger partial charge in [-0.25, -0.2) is 0 Å². The highest BCUT2D eigenvalue weighted by Gasteiger charge is 2.22. The highest BCUT2D eigenvalue weighted by atomic mass is 79.9. The standard InChI is InChI=1S/C15H29BrO2.C8H16O2/c1-3-14(2)18-15(17)12-10-8-6-4-5-7-9-11-13-16;1-4-8-5-6(2)9-7(3)10-8/h14H,3-13H2,1-2H3;6-8H,4-5H2,1-3H3.